The lowest BCUT2D eigenvalue weighted by Gasteiger charge is -2.22. The molecular weight excluding hydrogens is 396 g/mol. The van der Waals surface area contributed by atoms with Gasteiger partial charge >= 0.3 is 0 Å². The first-order valence-corrected chi connectivity index (χ1v) is 10.3. The molecule has 0 aliphatic heterocycles. The van der Waals surface area contributed by atoms with E-state index < -0.39 is 10.0 Å². The number of rotatable bonds is 5. The van der Waals surface area contributed by atoms with E-state index in [4.69, 9.17) is 11.6 Å². The van der Waals surface area contributed by atoms with Crippen molar-refractivity contribution in [3.63, 3.8) is 0 Å². The fraction of sp³-hybridized carbons (Fsp3) is 0.0952. The molecule has 7 heteroatoms. The van der Waals surface area contributed by atoms with E-state index in [0.29, 0.717) is 27.5 Å². The van der Waals surface area contributed by atoms with Crippen LogP contribution in [-0.4, -0.2) is 21.4 Å². The summed E-state index contributed by atoms with van der Waals surface area (Å²) < 4.78 is 26.8. The van der Waals surface area contributed by atoms with Gasteiger partial charge in [-0.25, -0.2) is 8.42 Å². The van der Waals surface area contributed by atoms with E-state index in [1.165, 1.54) is 11.4 Å². The summed E-state index contributed by atoms with van der Waals surface area (Å²) in [5.74, 6) is -0.287. The van der Waals surface area contributed by atoms with Gasteiger partial charge in [-0.3, -0.25) is 9.10 Å². The number of amides is 1. The minimum atomic E-state index is -3.68. The smallest absolute Gasteiger partial charge is 0.264 e. The maximum Gasteiger partial charge on any atom is 0.264 e. The van der Waals surface area contributed by atoms with E-state index in [2.05, 4.69) is 5.32 Å². The maximum absolute atomic E-state index is 12.8. The van der Waals surface area contributed by atoms with Gasteiger partial charge in [-0.2, -0.15) is 0 Å². The Balaban J connectivity index is 1.84. The molecule has 0 atom stereocenters. The summed E-state index contributed by atoms with van der Waals surface area (Å²) in [5, 5.41) is 3.37. The second kappa shape index (κ2) is 8.04. The molecule has 1 N–H and O–H groups in total. The van der Waals surface area contributed by atoms with Crippen molar-refractivity contribution in [2.75, 3.05) is 16.7 Å². The molecule has 3 rings (SSSR count). The maximum atomic E-state index is 12.8. The molecule has 3 aromatic rings. The van der Waals surface area contributed by atoms with Gasteiger partial charge < -0.3 is 5.32 Å². The van der Waals surface area contributed by atoms with Crippen LogP contribution in [0.2, 0.25) is 5.02 Å². The quantitative estimate of drug-likeness (QED) is 0.656. The number of aryl methyl sites for hydroxylation is 1. The van der Waals surface area contributed by atoms with E-state index in [9.17, 15) is 13.2 Å². The molecule has 0 fully saturated rings. The van der Waals surface area contributed by atoms with Crippen LogP contribution in [0.4, 0.5) is 11.4 Å². The van der Waals surface area contributed by atoms with Crippen LogP contribution >= 0.6 is 11.6 Å². The van der Waals surface area contributed by atoms with Crippen molar-refractivity contribution in [2.45, 2.75) is 11.8 Å². The average molecular weight is 415 g/mol. The molecule has 5 nitrogen and oxygen atoms in total. The van der Waals surface area contributed by atoms with Crippen molar-refractivity contribution in [3.05, 3.63) is 88.9 Å². The lowest BCUT2D eigenvalue weighted by atomic mass is 10.1. The predicted octanol–water partition coefficient (Wildman–Crippen LogP) is 4.73. The van der Waals surface area contributed by atoms with E-state index in [1.54, 1.807) is 79.7 Å². The number of nitrogens with zero attached hydrogens (tertiary/aromatic N) is 1. The Kier molecular flexibility index (Phi) is 5.72. The lowest BCUT2D eigenvalue weighted by Crippen LogP contribution is -2.27. The standard InChI is InChI=1S/C21H19ClN2O3S/c1-15-14-16(21(25)23-18-11-9-17(22)10-12-18)8-13-20(15)24(2)28(26,27)19-6-4-3-5-7-19/h3-14H,1-2H3,(H,23,25). The predicted molar refractivity (Wildman–Crippen MR) is 113 cm³/mol. The molecule has 0 unspecified atom stereocenters. The highest BCUT2D eigenvalue weighted by atomic mass is 35.5. The van der Waals surface area contributed by atoms with E-state index >= 15 is 0 Å². The minimum Gasteiger partial charge on any atom is -0.322 e. The van der Waals surface area contributed by atoms with Gasteiger partial charge in [0.25, 0.3) is 15.9 Å². The summed E-state index contributed by atoms with van der Waals surface area (Å²) in [4.78, 5) is 12.7. The Hall–Kier alpha value is -2.83. The van der Waals surface area contributed by atoms with Gasteiger partial charge in [-0.05, 0) is 67.1 Å². The summed E-state index contributed by atoms with van der Waals surface area (Å²) in [7, 11) is -2.18. The fourth-order valence-corrected chi connectivity index (χ4v) is 4.17. The first kappa shape index (κ1) is 19.9. The highest BCUT2D eigenvalue weighted by Crippen LogP contribution is 2.26. The SMILES string of the molecule is Cc1cc(C(=O)Nc2ccc(Cl)cc2)ccc1N(C)S(=O)(=O)c1ccccc1. The van der Waals surface area contributed by atoms with Crippen LogP contribution in [-0.2, 0) is 10.0 Å². The van der Waals surface area contributed by atoms with Crippen molar-refractivity contribution in [1.82, 2.24) is 0 Å². The van der Waals surface area contributed by atoms with Crippen LogP contribution in [0.25, 0.3) is 0 Å². The molecule has 0 heterocycles. The second-order valence-corrected chi connectivity index (χ2v) is 8.65. The third kappa shape index (κ3) is 4.18. The molecule has 144 valence electrons. The van der Waals surface area contributed by atoms with E-state index in [1.807, 2.05) is 0 Å². The number of carbonyl (C=O) groups excluding carboxylic acids is 1. The van der Waals surface area contributed by atoms with Crippen LogP contribution < -0.4 is 9.62 Å². The number of halogens is 1. The zero-order valence-corrected chi connectivity index (χ0v) is 17.0. The summed E-state index contributed by atoms with van der Waals surface area (Å²) in [6, 6.07) is 19.9. The third-order valence-electron chi connectivity index (χ3n) is 4.30. The number of benzene rings is 3. The molecule has 1 amide bonds. The van der Waals surface area contributed by atoms with E-state index in [-0.39, 0.29) is 10.8 Å². The first-order valence-electron chi connectivity index (χ1n) is 8.50. The van der Waals surface area contributed by atoms with Crippen molar-refractivity contribution in [1.29, 1.82) is 0 Å². The number of hydrogen-bond acceptors (Lipinski definition) is 3. The fourth-order valence-electron chi connectivity index (χ4n) is 2.77. The lowest BCUT2D eigenvalue weighted by molar-refractivity contribution is 0.102. The molecule has 0 spiro atoms. The van der Waals surface area contributed by atoms with Crippen molar-refractivity contribution >= 4 is 38.9 Å². The normalized spacial score (nSPS) is 11.1. The zero-order valence-electron chi connectivity index (χ0n) is 15.4. The van der Waals surface area contributed by atoms with Gasteiger partial charge in [0.2, 0.25) is 0 Å². The number of nitrogens with one attached hydrogen (secondary N) is 1. The molecule has 0 aromatic heterocycles. The Morgan fingerprint density at radius 1 is 0.964 bits per heavy atom. The first-order chi connectivity index (χ1) is 13.3. The van der Waals surface area contributed by atoms with Crippen LogP contribution in [0.5, 0.6) is 0 Å². The highest BCUT2D eigenvalue weighted by molar-refractivity contribution is 7.92. The minimum absolute atomic E-state index is 0.210. The zero-order chi connectivity index (χ0) is 20.3. The molecule has 0 radical (unpaired) electrons. The van der Waals surface area contributed by atoms with Gasteiger partial charge in [-0.15, -0.1) is 0 Å². The molecule has 0 aliphatic rings. The third-order valence-corrected chi connectivity index (χ3v) is 6.34. The summed E-state index contributed by atoms with van der Waals surface area (Å²) in [6.07, 6.45) is 0. The number of anilines is 2. The number of sulfonamides is 1. The Morgan fingerprint density at radius 3 is 2.21 bits per heavy atom. The van der Waals surface area contributed by atoms with E-state index in [0.717, 1.165) is 0 Å². The second-order valence-electron chi connectivity index (χ2n) is 6.25. The topological polar surface area (TPSA) is 66.5 Å². The highest BCUT2D eigenvalue weighted by Gasteiger charge is 2.22. The van der Waals surface area contributed by atoms with Crippen LogP contribution in [0, 0.1) is 6.92 Å². The number of carbonyl (C=O) groups is 1. The molecule has 0 bridgehead atoms. The average Bonchev–Trinajstić information content (AvgIpc) is 2.69. The van der Waals surface area contributed by atoms with Crippen molar-refractivity contribution in [2.24, 2.45) is 0 Å². The largest absolute Gasteiger partial charge is 0.322 e. The monoisotopic (exact) mass is 414 g/mol. The van der Waals surface area contributed by atoms with Crippen LogP contribution in [0.15, 0.2) is 77.7 Å². The van der Waals surface area contributed by atoms with Crippen LogP contribution in [0.1, 0.15) is 15.9 Å². The van der Waals surface area contributed by atoms with Crippen LogP contribution in [0.3, 0.4) is 0 Å². The van der Waals surface area contributed by atoms with Crippen molar-refractivity contribution in [3.8, 4) is 0 Å². The Bertz CT molecular complexity index is 1100. The van der Waals surface area contributed by atoms with Gasteiger partial charge in [0.1, 0.15) is 0 Å². The molecule has 3 aromatic carbocycles. The Morgan fingerprint density at radius 2 is 1.61 bits per heavy atom. The number of hydrogen-bond donors (Lipinski definition) is 1. The summed E-state index contributed by atoms with van der Waals surface area (Å²) in [6.45, 7) is 1.77. The molecule has 0 saturated carbocycles. The summed E-state index contributed by atoms with van der Waals surface area (Å²) in [5.41, 5.74) is 2.24. The molecule has 28 heavy (non-hydrogen) atoms. The van der Waals surface area contributed by atoms with Gasteiger partial charge in [0.15, 0.2) is 0 Å². The molecular formula is C21H19ClN2O3S. The molecule has 0 aliphatic carbocycles. The Labute approximate surface area is 169 Å². The van der Waals surface area contributed by atoms with Gasteiger partial charge in [-0.1, -0.05) is 29.8 Å². The summed E-state index contributed by atoms with van der Waals surface area (Å²) >= 11 is 5.85. The van der Waals surface area contributed by atoms with Crippen molar-refractivity contribution < 1.29 is 13.2 Å². The van der Waals surface area contributed by atoms with Gasteiger partial charge in [0, 0.05) is 23.3 Å². The molecule has 0 saturated heterocycles. The van der Waals surface area contributed by atoms with Gasteiger partial charge in [0.05, 0.1) is 10.6 Å².